The van der Waals surface area contributed by atoms with Crippen molar-refractivity contribution in [3.05, 3.63) is 24.3 Å². The molecule has 2 atom stereocenters. The highest BCUT2D eigenvalue weighted by Crippen LogP contribution is 2.32. The Balaban J connectivity index is 1.78. The summed E-state index contributed by atoms with van der Waals surface area (Å²) in [6.45, 7) is 3.95. The van der Waals surface area contributed by atoms with Gasteiger partial charge in [0.15, 0.2) is 0 Å². The number of hydrogen-bond acceptors (Lipinski definition) is 5. The average molecular weight is 341 g/mol. The zero-order valence-electron chi connectivity index (χ0n) is 13.2. The third-order valence-corrected chi connectivity index (χ3v) is 6.33. The molecule has 2 fully saturated rings. The summed E-state index contributed by atoms with van der Waals surface area (Å²) in [6.07, 6.45) is 0.638. The minimum Gasteiger partial charge on any atom is -0.494 e. The van der Waals surface area contributed by atoms with Crippen molar-refractivity contribution in [3.8, 4) is 5.75 Å². The molecule has 1 aromatic rings. The SMILES string of the molecule is CCOc1ccc(S(=O)(=O)N2C[C@@H](O)C[C@@H]2CC2COC2)cc1. The minimum atomic E-state index is -3.61. The van der Waals surface area contributed by atoms with Gasteiger partial charge in [-0.05, 0) is 44.0 Å². The fraction of sp³-hybridized carbons (Fsp3) is 0.625. The van der Waals surface area contributed by atoms with Crippen LogP contribution in [0.15, 0.2) is 29.2 Å². The van der Waals surface area contributed by atoms with Crippen LogP contribution in [0.25, 0.3) is 0 Å². The number of rotatable bonds is 6. The second-order valence-electron chi connectivity index (χ2n) is 6.16. The fourth-order valence-corrected chi connectivity index (χ4v) is 4.87. The Hall–Kier alpha value is -1.15. The van der Waals surface area contributed by atoms with Crippen LogP contribution >= 0.6 is 0 Å². The van der Waals surface area contributed by atoms with Gasteiger partial charge in [-0.2, -0.15) is 4.31 Å². The van der Waals surface area contributed by atoms with Gasteiger partial charge < -0.3 is 14.6 Å². The van der Waals surface area contributed by atoms with Crippen molar-refractivity contribution < 1.29 is 23.0 Å². The maximum atomic E-state index is 12.9. The van der Waals surface area contributed by atoms with Gasteiger partial charge >= 0.3 is 0 Å². The molecule has 0 spiro atoms. The third-order valence-electron chi connectivity index (χ3n) is 4.40. The molecule has 0 amide bonds. The van der Waals surface area contributed by atoms with Gasteiger partial charge in [0.1, 0.15) is 5.75 Å². The van der Waals surface area contributed by atoms with Crippen molar-refractivity contribution in [2.75, 3.05) is 26.4 Å². The van der Waals surface area contributed by atoms with Crippen LogP contribution in [0.4, 0.5) is 0 Å². The second kappa shape index (κ2) is 6.76. The van der Waals surface area contributed by atoms with E-state index in [1.54, 1.807) is 24.3 Å². The average Bonchev–Trinajstić information content (AvgIpc) is 2.86. The normalized spacial score (nSPS) is 26.2. The summed E-state index contributed by atoms with van der Waals surface area (Å²) in [6, 6.07) is 6.30. The number of sulfonamides is 1. The Morgan fingerprint density at radius 2 is 2.00 bits per heavy atom. The van der Waals surface area contributed by atoms with E-state index >= 15 is 0 Å². The van der Waals surface area contributed by atoms with Crippen LogP contribution in [0.1, 0.15) is 19.8 Å². The number of benzene rings is 1. The van der Waals surface area contributed by atoms with Crippen LogP contribution in [-0.2, 0) is 14.8 Å². The molecule has 23 heavy (non-hydrogen) atoms. The molecule has 0 bridgehead atoms. The lowest BCUT2D eigenvalue weighted by molar-refractivity contribution is -0.0417. The molecule has 0 radical (unpaired) electrons. The molecule has 0 aromatic heterocycles. The molecular formula is C16H23NO5S. The van der Waals surface area contributed by atoms with Crippen LogP contribution in [0.2, 0.25) is 0 Å². The van der Waals surface area contributed by atoms with Crippen LogP contribution in [0.5, 0.6) is 5.75 Å². The standard InChI is InChI=1S/C16H23NO5S/c1-2-22-15-3-5-16(6-4-15)23(19,20)17-9-14(18)8-13(17)7-12-10-21-11-12/h3-6,12-14,18H,2,7-11H2,1H3/t13-,14-/m0/s1. The molecule has 2 heterocycles. The van der Waals surface area contributed by atoms with Gasteiger partial charge in [0.05, 0.1) is 30.8 Å². The van der Waals surface area contributed by atoms with Crippen molar-refractivity contribution in [3.63, 3.8) is 0 Å². The first-order chi connectivity index (χ1) is 11.0. The number of aliphatic hydroxyl groups excluding tert-OH is 1. The summed E-state index contributed by atoms with van der Waals surface area (Å²) >= 11 is 0. The van der Waals surface area contributed by atoms with Gasteiger partial charge in [-0.15, -0.1) is 0 Å². The van der Waals surface area contributed by atoms with E-state index in [0.29, 0.717) is 37.9 Å². The van der Waals surface area contributed by atoms with Crippen LogP contribution < -0.4 is 4.74 Å². The number of aliphatic hydroxyl groups is 1. The van der Waals surface area contributed by atoms with E-state index in [1.165, 1.54) is 4.31 Å². The number of hydrogen-bond donors (Lipinski definition) is 1. The lowest BCUT2D eigenvalue weighted by atomic mass is 9.97. The van der Waals surface area contributed by atoms with E-state index in [0.717, 1.165) is 6.42 Å². The molecule has 1 aromatic carbocycles. The molecule has 2 aliphatic heterocycles. The fourth-order valence-electron chi connectivity index (χ4n) is 3.19. The molecule has 128 valence electrons. The topological polar surface area (TPSA) is 76.1 Å². The maximum Gasteiger partial charge on any atom is 0.243 e. The lowest BCUT2D eigenvalue weighted by Gasteiger charge is -2.31. The summed E-state index contributed by atoms with van der Waals surface area (Å²) in [5.41, 5.74) is 0. The van der Waals surface area contributed by atoms with Gasteiger partial charge in [0.25, 0.3) is 0 Å². The summed E-state index contributed by atoms with van der Waals surface area (Å²) in [4.78, 5) is 0.241. The summed E-state index contributed by atoms with van der Waals surface area (Å²) in [5.74, 6) is 1.04. The minimum absolute atomic E-state index is 0.157. The summed E-state index contributed by atoms with van der Waals surface area (Å²) < 4.78 is 37.7. The van der Waals surface area contributed by atoms with Crippen molar-refractivity contribution in [1.29, 1.82) is 0 Å². The highest BCUT2D eigenvalue weighted by Gasteiger charge is 2.41. The third kappa shape index (κ3) is 3.52. The molecule has 6 nitrogen and oxygen atoms in total. The van der Waals surface area contributed by atoms with E-state index < -0.39 is 16.1 Å². The van der Waals surface area contributed by atoms with E-state index in [1.807, 2.05) is 6.92 Å². The van der Waals surface area contributed by atoms with Crippen LogP contribution in [0.3, 0.4) is 0 Å². The van der Waals surface area contributed by atoms with Crippen molar-refractivity contribution in [2.45, 2.75) is 36.8 Å². The van der Waals surface area contributed by atoms with Crippen molar-refractivity contribution >= 4 is 10.0 Å². The molecule has 3 rings (SSSR count). The molecule has 7 heteroatoms. The first kappa shape index (κ1) is 16.7. The maximum absolute atomic E-state index is 12.9. The summed E-state index contributed by atoms with van der Waals surface area (Å²) in [7, 11) is -3.61. The van der Waals surface area contributed by atoms with Gasteiger partial charge in [0.2, 0.25) is 10.0 Å². The largest absolute Gasteiger partial charge is 0.494 e. The Kier molecular flexibility index (Phi) is 4.91. The quantitative estimate of drug-likeness (QED) is 0.843. The van der Waals surface area contributed by atoms with Crippen molar-refractivity contribution in [2.24, 2.45) is 5.92 Å². The second-order valence-corrected chi connectivity index (χ2v) is 8.05. The zero-order valence-corrected chi connectivity index (χ0v) is 14.0. The number of β-amino-alcohol motifs (C(OH)–C–C–N with tert-alkyl or cyclic N) is 1. The highest BCUT2D eigenvalue weighted by molar-refractivity contribution is 7.89. The smallest absolute Gasteiger partial charge is 0.243 e. The Morgan fingerprint density at radius 3 is 2.57 bits per heavy atom. The monoisotopic (exact) mass is 341 g/mol. The first-order valence-corrected chi connectivity index (χ1v) is 9.45. The molecule has 1 N–H and O–H groups in total. The zero-order chi connectivity index (χ0) is 16.4. The van der Waals surface area contributed by atoms with E-state index in [4.69, 9.17) is 9.47 Å². The molecule has 0 saturated carbocycles. The molecule has 2 aliphatic rings. The highest BCUT2D eigenvalue weighted by atomic mass is 32.2. The summed E-state index contributed by atoms with van der Waals surface area (Å²) in [5, 5.41) is 9.94. The molecular weight excluding hydrogens is 318 g/mol. The van der Waals surface area contributed by atoms with E-state index in [9.17, 15) is 13.5 Å². The van der Waals surface area contributed by atoms with Crippen LogP contribution in [-0.4, -0.2) is 56.3 Å². The van der Waals surface area contributed by atoms with Gasteiger partial charge in [0, 0.05) is 18.5 Å². The predicted octanol–water partition coefficient (Wildman–Crippen LogP) is 1.25. The number of ether oxygens (including phenoxy) is 2. The van der Waals surface area contributed by atoms with Crippen molar-refractivity contribution in [1.82, 2.24) is 4.31 Å². The van der Waals surface area contributed by atoms with Crippen LogP contribution in [0, 0.1) is 5.92 Å². The molecule has 0 unspecified atom stereocenters. The Bertz CT molecular complexity index is 626. The first-order valence-electron chi connectivity index (χ1n) is 8.01. The van der Waals surface area contributed by atoms with Gasteiger partial charge in [-0.3, -0.25) is 0 Å². The lowest BCUT2D eigenvalue weighted by Crippen LogP contribution is -2.40. The van der Waals surface area contributed by atoms with Gasteiger partial charge in [-0.25, -0.2) is 8.42 Å². The van der Waals surface area contributed by atoms with E-state index in [-0.39, 0.29) is 17.5 Å². The number of nitrogens with zero attached hydrogens (tertiary/aromatic N) is 1. The molecule has 0 aliphatic carbocycles. The molecule has 2 saturated heterocycles. The van der Waals surface area contributed by atoms with Gasteiger partial charge in [-0.1, -0.05) is 0 Å². The predicted molar refractivity (Wildman–Crippen MR) is 84.8 cm³/mol. The van der Waals surface area contributed by atoms with E-state index in [2.05, 4.69) is 0 Å². The Morgan fingerprint density at radius 1 is 1.30 bits per heavy atom. The Labute approximate surface area is 137 Å².